The summed E-state index contributed by atoms with van der Waals surface area (Å²) >= 11 is 0. The van der Waals surface area contributed by atoms with Crippen LogP contribution in [0.3, 0.4) is 0 Å². The summed E-state index contributed by atoms with van der Waals surface area (Å²) in [5, 5.41) is 0. The zero-order valence-electron chi connectivity index (χ0n) is 29.0. The molecule has 0 aromatic heterocycles. The average Bonchev–Trinajstić information content (AvgIpc) is 3.13. The van der Waals surface area contributed by atoms with Gasteiger partial charge in [-0.05, 0) is 73.6 Å². The van der Waals surface area contributed by atoms with Gasteiger partial charge in [-0.2, -0.15) is 17.6 Å². The summed E-state index contributed by atoms with van der Waals surface area (Å²) in [5.41, 5.74) is 1.68. The molecule has 2 aromatic rings. The van der Waals surface area contributed by atoms with Crippen molar-refractivity contribution in [3.63, 3.8) is 0 Å². The van der Waals surface area contributed by atoms with Crippen LogP contribution in [-0.2, 0) is 18.9 Å². The first-order valence-electron chi connectivity index (χ1n) is 18.4. The predicted octanol–water partition coefficient (Wildman–Crippen LogP) is 10.7. The van der Waals surface area contributed by atoms with Gasteiger partial charge in [-0.1, -0.05) is 83.1 Å². The molecule has 6 nitrogen and oxygen atoms in total. The van der Waals surface area contributed by atoms with Gasteiger partial charge >= 0.3 is 13.2 Å². The second kappa shape index (κ2) is 19.3. The third kappa shape index (κ3) is 11.6. The SMILES string of the molecule is CCC1CCC(C2COC(c3ccc(OC(F)F)cc3)OC2)CC1.CCCC1CCC(C2COC(c3ccc(OC(F)F)cc3)OC2)CC1. The Bertz CT molecular complexity index is 1180. The van der Waals surface area contributed by atoms with Gasteiger partial charge in [0.05, 0.1) is 26.4 Å². The summed E-state index contributed by atoms with van der Waals surface area (Å²) < 4.78 is 81.1. The van der Waals surface area contributed by atoms with Crippen LogP contribution in [0, 0.1) is 35.5 Å². The molecule has 4 aliphatic rings. The molecule has 0 bridgehead atoms. The first kappa shape index (κ1) is 37.8. The van der Waals surface area contributed by atoms with Crippen molar-refractivity contribution in [2.45, 2.75) is 110 Å². The molecule has 0 atom stereocenters. The highest BCUT2D eigenvalue weighted by Gasteiger charge is 2.33. The van der Waals surface area contributed by atoms with Crippen molar-refractivity contribution < 1.29 is 46.0 Å². The van der Waals surface area contributed by atoms with Crippen molar-refractivity contribution in [1.82, 2.24) is 0 Å². The van der Waals surface area contributed by atoms with E-state index in [1.807, 2.05) is 0 Å². The van der Waals surface area contributed by atoms with Crippen molar-refractivity contribution in [2.75, 3.05) is 26.4 Å². The molecule has 0 unspecified atom stereocenters. The lowest BCUT2D eigenvalue weighted by atomic mass is 9.75. The highest BCUT2D eigenvalue weighted by atomic mass is 19.3. The molecule has 2 aromatic carbocycles. The van der Waals surface area contributed by atoms with Crippen molar-refractivity contribution in [3.8, 4) is 11.5 Å². The number of ether oxygens (including phenoxy) is 6. The molecule has 6 rings (SSSR count). The van der Waals surface area contributed by atoms with Gasteiger partial charge in [0.1, 0.15) is 11.5 Å². The number of hydrogen-bond acceptors (Lipinski definition) is 6. The lowest BCUT2D eigenvalue weighted by Crippen LogP contribution is -2.34. The van der Waals surface area contributed by atoms with E-state index in [-0.39, 0.29) is 11.5 Å². The van der Waals surface area contributed by atoms with Crippen LogP contribution in [0.1, 0.15) is 108 Å². The van der Waals surface area contributed by atoms with E-state index in [2.05, 4.69) is 23.3 Å². The number of hydrogen-bond donors (Lipinski definition) is 0. The topological polar surface area (TPSA) is 55.4 Å². The van der Waals surface area contributed by atoms with E-state index in [0.29, 0.717) is 50.1 Å². The fourth-order valence-corrected chi connectivity index (χ4v) is 8.00. The van der Waals surface area contributed by atoms with Gasteiger partial charge in [-0.15, -0.1) is 0 Å². The number of halogens is 4. The largest absolute Gasteiger partial charge is 0.435 e. The molecule has 49 heavy (non-hydrogen) atoms. The molecule has 0 spiro atoms. The van der Waals surface area contributed by atoms with Crippen molar-refractivity contribution in [3.05, 3.63) is 59.7 Å². The maximum Gasteiger partial charge on any atom is 0.387 e. The van der Waals surface area contributed by atoms with Crippen molar-refractivity contribution >= 4 is 0 Å². The van der Waals surface area contributed by atoms with Gasteiger partial charge < -0.3 is 28.4 Å². The molecule has 2 aliphatic heterocycles. The summed E-state index contributed by atoms with van der Waals surface area (Å²) in [6.07, 6.45) is 13.6. The van der Waals surface area contributed by atoms with Gasteiger partial charge in [-0.3, -0.25) is 0 Å². The molecule has 0 radical (unpaired) electrons. The standard InChI is InChI=1S/C20H28F2O3.C19H26F2O3/c1-2-3-14-4-6-15(7-5-14)17-12-23-19(24-13-17)16-8-10-18(11-9-16)25-20(21)22;1-2-13-3-5-14(6-4-13)16-11-22-18(23-12-16)15-7-9-17(10-8-15)24-19(20)21/h8-11,14-15,17,19-20H,2-7,12-13H2,1H3;7-10,13-14,16,18-19H,2-6,11-12H2,1H3. The van der Waals surface area contributed by atoms with E-state index >= 15 is 0 Å². The van der Waals surface area contributed by atoms with E-state index in [1.54, 1.807) is 24.3 Å². The Labute approximate surface area is 289 Å². The Morgan fingerprint density at radius 2 is 0.898 bits per heavy atom. The average molecular weight is 695 g/mol. The fourth-order valence-electron chi connectivity index (χ4n) is 8.00. The first-order valence-corrected chi connectivity index (χ1v) is 18.4. The maximum atomic E-state index is 12.2. The van der Waals surface area contributed by atoms with Crippen LogP contribution in [0.4, 0.5) is 17.6 Å². The van der Waals surface area contributed by atoms with Crippen LogP contribution in [0.5, 0.6) is 11.5 Å². The molecule has 10 heteroatoms. The predicted molar refractivity (Wildman–Crippen MR) is 179 cm³/mol. The number of alkyl halides is 4. The molecule has 0 amide bonds. The Balaban J connectivity index is 0.000000191. The summed E-state index contributed by atoms with van der Waals surface area (Å²) in [6, 6.07) is 13.0. The zero-order valence-corrected chi connectivity index (χ0v) is 29.0. The van der Waals surface area contributed by atoms with E-state index in [9.17, 15) is 17.6 Å². The van der Waals surface area contributed by atoms with E-state index in [4.69, 9.17) is 18.9 Å². The molecular weight excluding hydrogens is 640 g/mol. The van der Waals surface area contributed by atoms with Gasteiger partial charge in [0.25, 0.3) is 0 Å². The van der Waals surface area contributed by atoms with E-state index in [1.165, 1.54) is 94.9 Å². The fraction of sp³-hybridized carbons (Fsp3) is 0.692. The van der Waals surface area contributed by atoms with Gasteiger partial charge in [0.15, 0.2) is 12.6 Å². The van der Waals surface area contributed by atoms with Crippen LogP contribution in [0.2, 0.25) is 0 Å². The summed E-state index contributed by atoms with van der Waals surface area (Å²) in [7, 11) is 0. The summed E-state index contributed by atoms with van der Waals surface area (Å²) in [6.45, 7) is 1.78. The number of benzene rings is 2. The van der Waals surface area contributed by atoms with Crippen molar-refractivity contribution in [2.24, 2.45) is 35.5 Å². The molecule has 2 saturated carbocycles. The Kier molecular flexibility index (Phi) is 14.9. The van der Waals surface area contributed by atoms with E-state index < -0.39 is 25.8 Å². The Morgan fingerprint density at radius 1 is 0.531 bits per heavy atom. The molecule has 4 fully saturated rings. The van der Waals surface area contributed by atoms with Gasteiger partial charge in [0.2, 0.25) is 0 Å². The maximum absolute atomic E-state index is 12.2. The van der Waals surface area contributed by atoms with Gasteiger partial charge in [-0.25, -0.2) is 0 Å². The highest BCUT2D eigenvalue weighted by molar-refractivity contribution is 5.29. The quantitative estimate of drug-likeness (QED) is 0.218. The Morgan fingerprint density at radius 3 is 1.22 bits per heavy atom. The lowest BCUT2D eigenvalue weighted by Gasteiger charge is -2.37. The number of rotatable bonds is 11. The monoisotopic (exact) mass is 694 g/mol. The summed E-state index contributed by atoms with van der Waals surface area (Å²) in [5.74, 6) is 4.46. The third-order valence-corrected chi connectivity index (χ3v) is 11.0. The minimum atomic E-state index is -2.80. The van der Waals surface area contributed by atoms with Crippen LogP contribution < -0.4 is 9.47 Å². The molecule has 274 valence electrons. The van der Waals surface area contributed by atoms with Crippen LogP contribution in [-0.4, -0.2) is 39.7 Å². The first-order chi connectivity index (χ1) is 23.8. The van der Waals surface area contributed by atoms with Crippen LogP contribution in [0.25, 0.3) is 0 Å². The minimum Gasteiger partial charge on any atom is -0.435 e. The summed E-state index contributed by atoms with van der Waals surface area (Å²) in [4.78, 5) is 0. The zero-order chi connectivity index (χ0) is 34.6. The van der Waals surface area contributed by atoms with Crippen molar-refractivity contribution in [1.29, 1.82) is 0 Å². The molecule has 2 heterocycles. The lowest BCUT2D eigenvalue weighted by molar-refractivity contribution is -0.215. The minimum absolute atomic E-state index is 0.148. The molecule has 2 saturated heterocycles. The van der Waals surface area contributed by atoms with Gasteiger partial charge in [0, 0.05) is 23.0 Å². The molecular formula is C39H54F4O6. The van der Waals surface area contributed by atoms with E-state index in [0.717, 1.165) is 23.0 Å². The van der Waals surface area contributed by atoms with Crippen LogP contribution >= 0.6 is 0 Å². The normalized spacial score (nSPS) is 30.8. The second-order valence-corrected chi connectivity index (χ2v) is 14.2. The Hall–Kier alpha value is -2.40. The third-order valence-electron chi connectivity index (χ3n) is 11.0. The second-order valence-electron chi connectivity index (χ2n) is 14.2. The highest BCUT2D eigenvalue weighted by Crippen LogP contribution is 2.40. The smallest absolute Gasteiger partial charge is 0.387 e. The van der Waals surface area contributed by atoms with Crippen LogP contribution in [0.15, 0.2) is 48.5 Å². The molecule has 2 aliphatic carbocycles. The molecule has 0 N–H and O–H groups in total.